The van der Waals surface area contributed by atoms with Gasteiger partial charge in [0.05, 0.1) is 6.61 Å². The van der Waals surface area contributed by atoms with Crippen LogP contribution in [0.5, 0.6) is 0 Å². The molecule has 1 aromatic heterocycles. The lowest BCUT2D eigenvalue weighted by Gasteiger charge is -2.20. The van der Waals surface area contributed by atoms with Crippen LogP contribution < -0.4 is 5.73 Å². The van der Waals surface area contributed by atoms with Crippen LogP contribution in [0.2, 0.25) is 0 Å². The summed E-state index contributed by atoms with van der Waals surface area (Å²) in [5.74, 6) is 0.260. The minimum Gasteiger partial charge on any atom is -0.383 e. The number of rotatable bonds is 5. The largest absolute Gasteiger partial charge is 0.383 e. The highest BCUT2D eigenvalue weighted by atomic mass is 16.5. The highest BCUT2D eigenvalue weighted by Gasteiger charge is 2.16. The van der Waals surface area contributed by atoms with Gasteiger partial charge in [-0.25, -0.2) is 4.98 Å². The summed E-state index contributed by atoms with van der Waals surface area (Å²) in [5.41, 5.74) is 6.30. The second-order valence-corrected chi connectivity index (χ2v) is 4.49. The highest BCUT2D eigenvalue weighted by Crippen LogP contribution is 2.20. The lowest BCUT2D eigenvalue weighted by molar-refractivity contribution is 0.0701. The van der Waals surface area contributed by atoms with E-state index in [1.807, 2.05) is 31.2 Å². The Hall–Kier alpha value is -2.14. The first kappa shape index (κ1) is 14.3. The van der Waals surface area contributed by atoms with Crippen molar-refractivity contribution in [1.82, 2.24) is 9.88 Å². The van der Waals surface area contributed by atoms with Crippen molar-refractivity contribution in [3.05, 3.63) is 36.0 Å². The number of carbonyl (C=O) groups excluding carboxylic acids is 1. The van der Waals surface area contributed by atoms with Gasteiger partial charge >= 0.3 is 0 Å². The molecule has 0 unspecified atom stereocenters. The number of nitrogen functional groups attached to an aromatic ring is 1. The number of ether oxygens (including phenoxy) is 1. The molecule has 0 aliphatic rings. The molecule has 2 aromatic rings. The molecule has 1 heterocycles. The van der Waals surface area contributed by atoms with Crippen LogP contribution in [0, 0.1) is 0 Å². The fourth-order valence-corrected chi connectivity index (χ4v) is 2.10. The van der Waals surface area contributed by atoms with Gasteiger partial charge in [-0.2, -0.15) is 0 Å². The van der Waals surface area contributed by atoms with Crippen molar-refractivity contribution in [3.63, 3.8) is 0 Å². The predicted octanol–water partition coefficient (Wildman–Crippen LogP) is 1.93. The molecular formula is C15H19N3O2. The van der Waals surface area contributed by atoms with Crippen molar-refractivity contribution in [2.45, 2.75) is 6.92 Å². The Morgan fingerprint density at radius 3 is 2.85 bits per heavy atom. The van der Waals surface area contributed by atoms with E-state index in [2.05, 4.69) is 4.98 Å². The van der Waals surface area contributed by atoms with Gasteiger partial charge < -0.3 is 15.4 Å². The summed E-state index contributed by atoms with van der Waals surface area (Å²) < 4.78 is 5.02. The van der Waals surface area contributed by atoms with Crippen molar-refractivity contribution >= 4 is 22.5 Å². The van der Waals surface area contributed by atoms with E-state index in [9.17, 15) is 4.79 Å². The Balaban J connectivity index is 2.34. The van der Waals surface area contributed by atoms with E-state index < -0.39 is 0 Å². The molecule has 1 aromatic carbocycles. The number of benzene rings is 1. The van der Waals surface area contributed by atoms with Gasteiger partial charge in [0.1, 0.15) is 11.5 Å². The smallest absolute Gasteiger partial charge is 0.272 e. The second kappa shape index (κ2) is 6.34. The molecule has 0 radical (unpaired) electrons. The summed E-state index contributed by atoms with van der Waals surface area (Å²) in [6.07, 6.45) is 0. The monoisotopic (exact) mass is 273 g/mol. The van der Waals surface area contributed by atoms with Gasteiger partial charge in [-0.05, 0) is 18.4 Å². The normalized spacial score (nSPS) is 10.7. The third kappa shape index (κ3) is 2.88. The van der Waals surface area contributed by atoms with Crippen molar-refractivity contribution in [1.29, 1.82) is 0 Å². The number of pyridine rings is 1. The Labute approximate surface area is 118 Å². The molecule has 5 heteroatoms. The Morgan fingerprint density at radius 1 is 1.40 bits per heavy atom. The van der Waals surface area contributed by atoms with E-state index in [0.717, 1.165) is 10.8 Å². The fourth-order valence-electron chi connectivity index (χ4n) is 2.10. The first-order valence-corrected chi connectivity index (χ1v) is 6.60. The van der Waals surface area contributed by atoms with E-state index >= 15 is 0 Å². The van der Waals surface area contributed by atoms with Crippen molar-refractivity contribution in [2.24, 2.45) is 0 Å². The molecule has 2 N–H and O–H groups in total. The van der Waals surface area contributed by atoms with Crippen LogP contribution in [0.3, 0.4) is 0 Å². The standard InChI is InChI=1S/C15H19N3O2/c1-3-18(8-9-20-2)15(19)13-10-11-6-4-5-7-12(11)14(16)17-13/h4-7,10H,3,8-9H2,1-2H3,(H2,16,17). The lowest BCUT2D eigenvalue weighted by Crippen LogP contribution is -2.34. The van der Waals surface area contributed by atoms with Gasteiger partial charge in [0.2, 0.25) is 0 Å². The van der Waals surface area contributed by atoms with Crippen LogP contribution in [0.1, 0.15) is 17.4 Å². The van der Waals surface area contributed by atoms with Gasteiger partial charge in [0.15, 0.2) is 0 Å². The Morgan fingerprint density at radius 2 is 2.15 bits per heavy atom. The summed E-state index contributed by atoms with van der Waals surface area (Å²) in [6.45, 7) is 3.58. The van der Waals surface area contributed by atoms with Crippen LogP contribution in [0.25, 0.3) is 10.8 Å². The van der Waals surface area contributed by atoms with Crippen molar-refractivity contribution in [2.75, 3.05) is 32.5 Å². The third-order valence-electron chi connectivity index (χ3n) is 3.22. The number of aromatic nitrogens is 1. The zero-order chi connectivity index (χ0) is 14.5. The molecule has 20 heavy (non-hydrogen) atoms. The van der Waals surface area contributed by atoms with Crippen LogP contribution in [0.4, 0.5) is 5.82 Å². The zero-order valence-electron chi connectivity index (χ0n) is 11.8. The van der Waals surface area contributed by atoms with Gasteiger partial charge in [-0.3, -0.25) is 4.79 Å². The fraction of sp³-hybridized carbons (Fsp3) is 0.333. The molecule has 2 rings (SSSR count). The Kier molecular flexibility index (Phi) is 4.53. The first-order chi connectivity index (χ1) is 9.67. The number of fused-ring (bicyclic) bond motifs is 1. The van der Waals surface area contributed by atoms with Crippen LogP contribution >= 0.6 is 0 Å². The van der Waals surface area contributed by atoms with Crippen LogP contribution in [-0.2, 0) is 4.74 Å². The summed E-state index contributed by atoms with van der Waals surface area (Å²) in [6, 6.07) is 9.42. The van der Waals surface area contributed by atoms with E-state index in [1.54, 1.807) is 18.1 Å². The predicted molar refractivity (Wildman–Crippen MR) is 79.6 cm³/mol. The van der Waals surface area contributed by atoms with Gasteiger partial charge in [0, 0.05) is 25.6 Å². The summed E-state index contributed by atoms with van der Waals surface area (Å²) in [7, 11) is 1.62. The number of likely N-dealkylation sites (N-methyl/N-ethyl adjacent to an activating group) is 1. The number of anilines is 1. The first-order valence-electron chi connectivity index (χ1n) is 6.60. The average Bonchev–Trinajstić information content (AvgIpc) is 2.47. The molecule has 0 spiro atoms. The second-order valence-electron chi connectivity index (χ2n) is 4.49. The maximum atomic E-state index is 12.4. The van der Waals surface area contributed by atoms with Gasteiger partial charge in [0.25, 0.3) is 5.91 Å². The van der Waals surface area contributed by atoms with Gasteiger partial charge in [-0.15, -0.1) is 0 Å². The molecule has 0 atom stereocenters. The third-order valence-corrected chi connectivity index (χ3v) is 3.22. The van der Waals surface area contributed by atoms with E-state index in [4.69, 9.17) is 10.5 Å². The van der Waals surface area contributed by atoms with E-state index in [1.165, 1.54) is 0 Å². The molecule has 5 nitrogen and oxygen atoms in total. The number of hydrogen-bond acceptors (Lipinski definition) is 4. The molecule has 0 aliphatic carbocycles. The zero-order valence-corrected chi connectivity index (χ0v) is 11.8. The quantitative estimate of drug-likeness (QED) is 0.903. The molecule has 0 bridgehead atoms. The van der Waals surface area contributed by atoms with Crippen LogP contribution in [-0.4, -0.2) is 42.6 Å². The molecule has 1 amide bonds. The maximum Gasteiger partial charge on any atom is 0.272 e. The minimum absolute atomic E-state index is 0.123. The molecule has 0 fully saturated rings. The van der Waals surface area contributed by atoms with Crippen molar-refractivity contribution < 1.29 is 9.53 Å². The average molecular weight is 273 g/mol. The van der Waals surface area contributed by atoms with Gasteiger partial charge in [-0.1, -0.05) is 24.3 Å². The number of carbonyl (C=O) groups is 1. The minimum atomic E-state index is -0.123. The SMILES string of the molecule is CCN(CCOC)C(=O)c1cc2ccccc2c(N)n1. The summed E-state index contributed by atoms with van der Waals surface area (Å²) >= 11 is 0. The lowest BCUT2D eigenvalue weighted by atomic mass is 10.1. The Bertz CT molecular complexity index is 613. The maximum absolute atomic E-state index is 12.4. The van der Waals surface area contributed by atoms with Crippen LogP contribution in [0.15, 0.2) is 30.3 Å². The number of nitrogens with two attached hydrogens (primary N) is 1. The van der Waals surface area contributed by atoms with E-state index in [0.29, 0.717) is 31.2 Å². The number of methoxy groups -OCH3 is 1. The molecule has 0 saturated heterocycles. The molecule has 106 valence electrons. The molecular weight excluding hydrogens is 254 g/mol. The number of nitrogens with zero attached hydrogens (tertiary/aromatic N) is 2. The highest BCUT2D eigenvalue weighted by molar-refractivity contribution is 5.99. The summed E-state index contributed by atoms with van der Waals surface area (Å²) in [5, 5.41) is 1.79. The van der Waals surface area contributed by atoms with E-state index in [-0.39, 0.29) is 5.91 Å². The molecule has 0 saturated carbocycles. The van der Waals surface area contributed by atoms with Crippen molar-refractivity contribution in [3.8, 4) is 0 Å². The summed E-state index contributed by atoms with van der Waals surface area (Å²) in [4.78, 5) is 18.3. The number of amides is 1. The molecule has 0 aliphatic heterocycles. The topological polar surface area (TPSA) is 68.5 Å². The number of hydrogen-bond donors (Lipinski definition) is 1.